The molecule has 0 aliphatic carbocycles. The molecule has 2 aliphatic rings. The van der Waals surface area contributed by atoms with E-state index >= 15 is 0 Å². The number of amides is 2. The molecule has 26 heavy (non-hydrogen) atoms. The summed E-state index contributed by atoms with van der Waals surface area (Å²) in [5, 5.41) is 3.82. The second-order valence-electron chi connectivity index (χ2n) is 7.14. The minimum Gasteiger partial charge on any atom is -0.361 e. The van der Waals surface area contributed by atoms with Crippen molar-refractivity contribution >= 4 is 11.8 Å². The van der Waals surface area contributed by atoms with Gasteiger partial charge in [-0.15, -0.1) is 0 Å². The zero-order chi connectivity index (χ0) is 18.1. The summed E-state index contributed by atoms with van der Waals surface area (Å²) in [6, 6.07) is 9.68. The molecule has 4 rings (SSSR count). The summed E-state index contributed by atoms with van der Waals surface area (Å²) < 4.78 is 5.15. The van der Waals surface area contributed by atoms with Crippen LogP contribution in [0.25, 0.3) is 0 Å². The monoisotopic (exact) mass is 353 g/mol. The predicted molar refractivity (Wildman–Crippen MR) is 95.2 cm³/mol. The molecule has 0 radical (unpaired) electrons. The molecular weight excluding hydrogens is 330 g/mol. The van der Waals surface area contributed by atoms with E-state index in [1.54, 1.807) is 11.0 Å². The average Bonchev–Trinajstić information content (AvgIpc) is 3.29. The molecule has 3 heterocycles. The highest BCUT2D eigenvalue weighted by Crippen LogP contribution is 2.25. The van der Waals surface area contributed by atoms with E-state index < -0.39 is 0 Å². The van der Waals surface area contributed by atoms with Gasteiger partial charge in [-0.3, -0.25) is 9.59 Å². The summed E-state index contributed by atoms with van der Waals surface area (Å²) in [5.41, 5.74) is 3.28. The van der Waals surface area contributed by atoms with Gasteiger partial charge in [0.15, 0.2) is 0 Å². The highest BCUT2D eigenvalue weighted by molar-refractivity contribution is 5.89. The molecule has 0 N–H and O–H groups in total. The fourth-order valence-electron chi connectivity index (χ4n) is 3.97. The number of nitrogens with zero attached hydrogens (tertiary/aromatic N) is 3. The number of hydrogen-bond acceptors (Lipinski definition) is 4. The van der Waals surface area contributed by atoms with E-state index in [9.17, 15) is 9.59 Å². The fraction of sp³-hybridized carbons (Fsp3) is 0.450. The number of rotatable bonds is 3. The Bertz CT molecular complexity index is 829. The number of aromatic nitrogens is 1. The van der Waals surface area contributed by atoms with Crippen molar-refractivity contribution in [2.75, 3.05) is 13.1 Å². The van der Waals surface area contributed by atoms with Gasteiger partial charge in [0.2, 0.25) is 11.8 Å². The van der Waals surface area contributed by atoms with Gasteiger partial charge in [-0.2, -0.15) is 0 Å². The van der Waals surface area contributed by atoms with Gasteiger partial charge >= 0.3 is 0 Å². The third-order valence-corrected chi connectivity index (χ3v) is 5.30. The van der Waals surface area contributed by atoms with Crippen LogP contribution in [0.3, 0.4) is 0 Å². The molecule has 1 fully saturated rings. The summed E-state index contributed by atoms with van der Waals surface area (Å²) in [6.07, 6.45) is 2.63. The molecule has 0 saturated carbocycles. The van der Waals surface area contributed by atoms with Gasteiger partial charge in [0.25, 0.3) is 0 Å². The van der Waals surface area contributed by atoms with Crippen molar-refractivity contribution in [3.63, 3.8) is 0 Å². The van der Waals surface area contributed by atoms with Crippen molar-refractivity contribution in [2.45, 2.75) is 45.2 Å². The van der Waals surface area contributed by atoms with E-state index in [1.807, 2.05) is 24.0 Å². The lowest BCUT2D eigenvalue weighted by Gasteiger charge is -2.33. The van der Waals surface area contributed by atoms with E-state index in [4.69, 9.17) is 4.52 Å². The number of fused-ring (bicyclic) bond motifs is 1. The summed E-state index contributed by atoms with van der Waals surface area (Å²) in [7, 11) is 0. The molecule has 1 aromatic heterocycles. The molecule has 1 unspecified atom stereocenters. The van der Waals surface area contributed by atoms with Gasteiger partial charge in [-0.1, -0.05) is 29.4 Å². The van der Waals surface area contributed by atoms with Crippen molar-refractivity contribution < 1.29 is 14.1 Å². The lowest BCUT2D eigenvalue weighted by Crippen LogP contribution is -2.49. The molecule has 1 atom stereocenters. The van der Waals surface area contributed by atoms with Crippen LogP contribution < -0.4 is 0 Å². The lowest BCUT2D eigenvalue weighted by molar-refractivity contribution is -0.144. The van der Waals surface area contributed by atoms with Crippen molar-refractivity contribution in [3.8, 4) is 0 Å². The Kier molecular flexibility index (Phi) is 4.49. The number of aryl methyl sites for hydroxylation is 1. The quantitative estimate of drug-likeness (QED) is 0.848. The normalized spacial score (nSPS) is 19.5. The molecular formula is C20H23N3O3. The topological polar surface area (TPSA) is 66.7 Å². The van der Waals surface area contributed by atoms with E-state index in [-0.39, 0.29) is 24.3 Å². The first-order chi connectivity index (χ1) is 12.6. The largest absolute Gasteiger partial charge is 0.361 e. The summed E-state index contributed by atoms with van der Waals surface area (Å²) >= 11 is 0. The van der Waals surface area contributed by atoms with Crippen LogP contribution in [0, 0.1) is 6.92 Å². The van der Waals surface area contributed by atoms with Gasteiger partial charge in [0.05, 0.1) is 12.1 Å². The third-order valence-electron chi connectivity index (χ3n) is 5.30. The first-order valence-electron chi connectivity index (χ1n) is 9.19. The Morgan fingerprint density at radius 3 is 2.81 bits per heavy atom. The number of hydrogen-bond donors (Lipinski definition) is 0. The Morgan fingerprint density at radius 2 is 2.04 bits per heavy atom. The van der Waals surface area contributed by atoms with Crippen LogP contribution in [0.2, 0.25) is 0 Å². The number of carbonyl (C=O) groups excluding carboxylic acids is 2. The minimum atomic E-state index is -0.350. The van der Waals surface area contributed by atoms with Gasteiger partial charge in [0, 0.05) is 25.7 Å². The van der Waals surface area contributed by atoms with Crippen molar-refractivity contribution in [2.24, 2.45) is 0 Å². The highest BCUT2D eigenvalue weighted by Gasteiger charge is 2.37. The molecule has 0 spiro atoms. The smallest absolute Gasteiger partial charge is 0.245 e. The number of carbonyl (C=O) groups is 2. The Balaban J connectivity index is 1.44. The average molecular weight is 353 g/mol. The van der Waals surface area contributed by atoms with E-state index in [0.717, 1.165) is 31.5 Å². The fourth-order valence-corrected chi connectivity index (χ4v) is 3.97. The Hall–Kier alpha value is -2.63. The zero-order valence-electron chi connectivity index (χ0n) is 15.0. The van der Waals surface area contributed by atoms with E-state index in [0.29, 0.717) is 18.8 Å². The van der Waals surface area contributed by atoms with Crippen LogP contribution in [-0.4, -0.2) is 45.9 Å². The van der Waals surface area contributed by atoms with Crippen molar-refractivity contribution in [1.29, 1.82) is 0 Å². The summed E-state index contributed by atoms with van der Waals surface area (Å²) in [4.78, 5) is 29.4. The second-order valence-corrected chi connectivity index (χ2v) is 7.14. The van der Waals surface area contributed by atoms with Crippen LogP contribution in [0.4, 0.5) is 0 Å². The van der Waals surface area contributed by atoms with E-state index in [2.05, 4.69) is 17.3 Å². The molecule has 0 bridgehead atoms. The lowest BCUT2D eigenvalue weighted by atomic mass is 9.99. The van der Waals surface area contributed by atoms with Gasteiger partial charge in [-0.25, -0.2) is 0 Å². The molecule has 1 saturated heterocycles. The first kappa shape index (κ1) is 16.8. The first-order valence-corrected chi connectivity index (χ1v) is 9.19. The second kappa shape index (κ2) is 6.94. The maximum atomic E-state index is 13.1. The molecule has 6 heteroatoms. The van der Waals surface area contributed by atoms with E-state index in [1.165, 1.54) is 11.1 Å². The minimum absolute atomic E-state index is 0.0607. The maximum Gasteiger partial charge on any atom is 0.245 e. The Labute approximate surface area is 152 Å². The van der Waals surface area contributed by atoms with Gasteiger partial charge in [-0.05, 0) is 37.3 Å². The molecule has 2 aromatic rings. The third kappa shape index (κ3) is 3.23. The number of benzene rings is 1. The summed E-state index contributed by atoms with van der Waals surface area (Å²) in [6.45, 7) is 3.81. The van der Waals surface area contributed by atoms with Gasteiger partial charge in [0.1, 0.15) is 11.8 Å². The predicted octanol–water partition coefficient (Wildman–Crippen LogP) is 2.10. The molecule has 1 aromatic carbocycles. The molecule has 2 amide bonds. The van der Waals surface area contributed by atoms with Crippen LogP contribution in [0.1, 0.15) is 35.4 Å². The maximum absolute atomic E-state index is 13.1. The molecule has 136 valence electrons. The van der Waals surface area contributed by atoms with Crippen LogP contribution >= 0.6 is 0 Å². The standard InChI is InChI=1S/C20H23N3O3/c1-14-11-17(26-21-14)12-19(24)23-9-4-7-18(23)20(25)22-10-8-15-5-2-3-6-16(15)13-22/h2-3,5-6,11,18H,4,7-10,12-13H2,1H3. The molecule has 6 nitrogen and oxygen atoms in total. The number of likely N-dealkylation sites (tertiary alicyclic amines) is 1. The Morgan fingerprint density at radius 1 is 1.23 bits per heavy atom. The molecule has 2 aliphatic heterocycles. The van der Waals surface area contributed by atoms with Gasteiger partial charge < -0.3 is 14.3 Å². The van der Waals surface area contributed by atoms with Crippen molar-refractivity contribution in [1.82, 2.24) is 15.0 Å². The SMILES string of the molecule is Cc1cc(CC(=O)N2CCCC2C(=O)N2CCc3ccccc3C2)on1. The van der Waals surface area contributed by atoms with Crippen LogP contribution in [0.15, 0.2) is 34.9 Å². The van der Waals surface area contributed by atoms with Crippen LogP contribution in [-0.2, 0) is 29.0 Å². The zero-order valence-corrected chi connectivity index (χ0v) is 15.0. The highest BCUT2D eigenvalue weighted by atomic mass is 16.5. The van der Waals surface area contributed by atoms with Crippen LogP contribution in [0.5, 0.6) is 0 Å². The summed E-state index contributed by atoms with van der Waals surface area (Å²) in [5.74, 6) is 0.561. The van der Waals surface area contributed by atoms with Crippen molar-refractivity contribution in [3.05, 3.63) is 52.9 Å².